The number of aromatic nitrogens is 2. The molecule has 144 valence electrons. The minimum absolute atomic E-state index is 0.0215. The lowest BCUT2D eigenvalue weighted by atomic mass is 10.2. The number of β-amino-alcohol motifs (C(OH)–C–C–N with tert-alkyl or cyclic N) is 1. The number of amides is 1. The van der Waals surface area contributed by atoms with E-state index < -0.39 is 6.10 Å². The Bertz CT molecular complexity index is 916. The number of pyridine rings is 1. The van der Waals surface area contributed by atoms with Gasteiger partial charge >= 0.3 is 0 Å². The summed E-state index contributed by atoms with van der Waals surface area (Å²) in [5.41, 5.74) is 2.06. The topological polar surface area (TPSA) is 69.6 Å². The van der Waals surface area contributed by atoms with Crippen LogP contribution >= 0.6 is 11.3 Å². The number of benzene rings is 1. The Hall–Kier alpha value is -2.61. The van der Waals surface area contributed by atoms with Gasteiger partial charge in [0.25, 0.3) is 0 Å². The monoisotopic (exact) mass is 394 g/mol. The fourth-order valence-corrected chi connectivity index (χ4v) is 4.33. The van der Waals surface area contributed by atoms with E-state index in [-0.39, 0.29) is 12.5 Å². The Morgan fingerprint density at radius 2 is 1.93 bits per heavy atom. The molecular weight excluding hydrogens is 372 g/mol. The van der Waals surface area contributed by atoms with Crippen molar-refractivity contribution in [3.05, 3.63) is 71.5 Å². The molecule has 4 rings (SSSR count). The maximum atomic E-state index is 12.7. The molecule has 0 aliphatic carbocycles. The molecule has 3 heterocycles. The average molecular weight is 395 g/mol. The summed E-state index contributed by atoms with van der Waals surface area (Å²) in [5, 5.41) is 11.4. The van der Waals surface area contributed by atoms with Crippen molar-refractivity contribution >= 4 is 17.2 Å². The van der Waals surface area contributed by atoms with Crippen molar-refractivity contribution in [2.75, 3.05) is 19.6 Å². The molecule has 3 aromatic rings. The van der Waals surface area contributed by atoms with Crippen molar-refractivity contribution in [2.24, 2.45) is 0 Å². The van der Waals surface area contributed by atoms with Crippen molar-refractivity contribution in [3.8, 4) is 10.6 Å². The molecule has 6 nitrogen and oxygen atoms in total. The number of hydrogen-bond acceptors (Lipinski definition) is 6. The number of nitrogens with zero attached hydrogens (tertiary/aromatic N) is 4. The van der Waals surface area contributed by atoms with Crippen LogP contribution in [-0.2, 0) is 17.9 Å². The van der Waals surface area contributed by atoms with Gasteiger partial charge in [-0.15, -0.1) is 11.3 Å². The number of aliphatic hydroxyl groups excluding tert-OH is 1. The van der Waals surface area contributed by atoms with Crippen LogP contribution in [-0.4, -0.2) is 56.5 Å². The van der Waals surface area contributed by atoms with E-state index in [9.17, 15) is 9.90 Å². The van der Waals surface area contributed by atoms with Crippen LogP contribution in [0.15, 0.2) is 61.1 Å². The lowest BCUT2D eigenvalue weighted by Crippen LogP contribution is -2.36. The van der Waals surface area contributed by atoms with E-state index in [1.54, 1.807) is 28.6 Å². The van der Waals surface area contributed by atoms with Gasteiger partial charge in [0.2, 0.25) is 5.91 Å². The van der Waals surface area contributed by atoms with Gasteiger partial charge in [0.1, 0.15) is 5.01 Å². The van der Waals surface area contributed by atoms with Gasteiger partial charge in [-0.05, 0) is 11.6 Å². The Morgan fingerprint density at radius 3 is 2.71 bits per heavy atom. The highest BCUT2D eigenvalue weighted by molar-refractivity contribution is 7.15. The van der Waals surface area contributed by atoms with Gasteiger partial charge in [-0.2, -0.15) is 0 Å². The first-order chi connectivity index (χ1) is 13.7. The normalized spacial score (nSPS) is 18.2. The molecule has 1 fully saturated rings. The molecule has 7 heteroatoms. The average Bonchev–Trinajstić information content (AvgIpc) is 3.12. The highest BCUT2D eigenvalue weighted by Crippen LogP contribution is 2.26. The molecule has 0 spiro atoms. The summed E-state index contributed by atoms with van der Waals surface area (Å²) < 4.78 is 0. The molecule has 1 aliphatic heterocycles. The van der Waals surface area contributed by atoms with Crippen LogP contribution in [0.2, 0.25) is 0 Å². The smallest absolute Gasteiger partial charge is 0.237 e. The van der Waals surface area contributed by atoms with Crippen molar-refractivity contribution in [2.45, 2.75) is 19.2 Å². The van der Waals surface area contributed by atoms with Crippen LogP contribution in [0.5, 0.6) is 0 Å². The first-order valence-electron chi connectivity index (χ1n) is 9.24. The molecule has 0 unspecified atom stereocenters. The van der Waals surface area contributed by atoms with Gasteiger partial charge in [0, 0.05) is 55.2 Å². The number of aliphatic hydroxyl groups is 1. The summed E-state index contributed by atoms with van der Waals surface area (Å²) >= 11 is 1.62. The minimum atomic E-state index is -0.579. The summed E-state index contributed by atoms with van der Waals surface area (Å²) in [7, 11) is 0. The number of rotatable bonds is 5. The molecule has 28 heavy (non-hydrogen) atoms. The SMILES string of the molecule is O=C1CN(Cc2cnc(-c3ccccc3)s2)C[C@H](O)CN1Cc1cccnc1. The van der Waals surface area contributed by atoms with Gasteiger partial charge in [-0.3, -0.25) is 14.7 Å². The second-order valence-electron chi connectivity index (χ2n) is 6.96. The summed E-state index contributed by atoms with van der Waals surface area (Å²) in [6.45, 7) is 2.16. The molecule has 1 N–H and O–H groups in total. The van der Waals surface area contributed by atoms with Crippen molar-refractivity contribution in [1.29, 1.82) is 0 Å². The second-order valence-corrected chi connectivity index (χ2v) is 8.07. The molecule has 1 aromatic carbocycles. The zero-order valence-electron chi connectivity index (χ0n) is 15.4. The third-order valence-electron chi connectivity index (χ3n) is 4.66. The van der Waals surface area contributed by atoms with Crippen LogP contribution < -0.4 is 0 Å². The maximum Gasteiger partial charge on any atom is 0.237 e. The van der Waals surface area contributed by atoms with Gasteiger partial charge in [-0.1, -0.05) is 36.4 Å². The largest absolute Gasteiger partial charge is 0.390 e. The van der Waals surface area contributed by atoms with Crippen LogP contribution in [0.3, 0.4) is 0 Å². The van der Waals surface area contributed by atoms with Crippen molar-refractivity contribution in [1.82, 2.24) is 19.8 Å². The van der Waals surface area contributed by atoms with Gasteiger partial charge in [0.05, 0.1) is 12.6 Å². The van der Waals surface area contributed by atoms with E-state index in [0.717, 1.165) is 21.0 Å². The van der Waals surface area contributed by atoms with Crippen LogP contribution in [0, 0.1) is 0 Å². The zero-order chi connectivity index (χ0) is 19.3. The van der Waals surface area contributed by atoms with E-state index in [1.807, 2.05) is 53.6 Å². The number of carbonyl (C=O) groups excluding carboxylic acids is 1. The van der Waals surface area contributed by atoms with Gasteiger partial charge in [-0.25, -0.2) is 4.98 Å². The highest BCUT2D eigenvalue weighted by atomic mass is 32.1. The Balaban J connectivity index is 1.42. The molecule has 1 aliphatic rings. The fourth-order valence-electron chi connectivity index (χ4n) is 3.37. The van der Waals surface area contributed by atoms with Gasteiger partial charge in [0.15, 0.2) is 0 Å². The standard InChI is InChI=1S/C21H22N4O2S/c26-18-12-24(14-19-10-23-21(28-19)17-6-2-1-3-7-17)15-20(27)25(13-18)11-16-5-4-8-22-9-16/h1-10,18,26H,11-15H2/t18-/m0/s1. The molecule has 0 saturated carbocycles. The Morgan fingerprint density at radius 1 is 1.07 bits per heavy atom. The molecule has 1 saturated heterocycles. The van der Waals surface area contributed by atoms with Crippen LogP contribution in [0.1, 0.15) is 10.4 Å². The minimum Gasteiger partial charge on any atom is -0.390 e. The van der Waals surface area contributed by atoms with Crippen LogP contribution in [0.25, 0.3) is 10.6 Å². The Kier molecular flexibility index (Phi) is 5.76. The predicted molar refractivity (Wildman–Crippen MR) is 108 cm³/mol. The molecule has 2 aromatic heterocycles. The lowest BCUT2D eigenvalue weighted by molar-refractivity contribution is -0.132. The van der Waals surface area contributed by atoms with Crippen LogP contribution in [0.4, 0.5) is 0 Å². The van der Waals surface area contributed by atoms with Crippen molar-refractivity contribution < 1.29 is 9.90 Å². The third-order valence-corrected chi connectivity index (χ3v) is 5.69. The molecular formula is C21H22N4O2S. The predicted octanol–water partition coefficient (Wildman–Crippen LogP) is 2.41. The summed E-state index contributed by atoms with van der Waals surface area (Å²) in [5.74, 6) is 0.0215. The molecule has 1 atom stereocenters. The number of thiazole rings is 1. The highest BCUT2D eigenvalue weighted by Gasteiger charge is 2.27. The maximum absolute atomic E-state index is 12.7. The van der Waals surface area contributed by atoms with Crippen molar-refractivity contribution in [3.63, 3.8) is 0 Å². The Labute approximate surface area is 168 Å². The first-order valence-corrected chi connectivity index (χ1v) is 10.1. The van der Waals surface area contributed by atoms with E-state index in [4.69, 9.17) is 0 Å². The summed E-state index contributed by atoms with van der Waals surface area (Å²) in [6, 6.07) is 13.9. The second kappa shape index (κ2) is 8.60. The lowest BCUT2D eigenvalue weighted by Gasteiger charge is -2.21. The molecule has 0 radical (unpaired) electrons. The molecule has 1 amide bonds. The van der Waals surface area contributed by atoms with E-state index in [1.165, 1.54) is 0 Å². The number of hydrogen-bond donors (Lipinski definition) is 1. The summed E-state index contributed by atoms with van der Waals surface area (Å²) in [4.78, 5) is 26.1. The first kappa shape index (κ1) is 18.7. The summed E-state index contributed by atoms with van der Waals surface area (Å²) in [6.07, 6.45) is 4.75. The van der Waals surface area contributed by atoms with Gasteiger partial charge < -0.3 is 10.0 Å². The number of carbonyl (C=O) groups is 1. The zero-order valence-corrected chi connectivity index (χ0v) is 16.3. The third kappa shape index (κ3) is 4.62. The van der Waals surface area contributed by atoms with E-state index >= 15 is 0 Å². The fraction of sp³-hybridized carbons (Fsp3) is 0.286. The van der Waals surface area contributed by atoms with E-state index in [0.29, 0.717) is 26.2 Å². The van der Waals surface area contributed by atoms with E-state index in [2.05, 4.69) is 9.97 Å². The molecule has 0 bridgehead atoms. The quantitative estimate of drug-likeness (QED) is 0.720.